The molecule has 36 heavy (non-hydrogen) atoms. The summed E-state index contributed by atoms with van der Waals surface area (Å²) < 4.78 is 17.0. The molecule has 4 rings (SSSR count). The first-order valence-corrected chi connectivity index (χ1v) is 11.5. The second-order valence-electron chi connectivity index (χ2n) is 8.60. The van der Waals surface area contributed by atoms with Crippen molar-refractivity contribution in [1.82, 2.24) is 4.98 Å². The second-order valence-corrected chi connectivity index (χ2v) is 8.60. The summed E-state index contributed by atoms with van der Waals surface area (Å²) in [7, 11) is 0. The number of nitrogen functional groups attached to an aromatic ring is 1. The van der Waals surface area contributed by atoms with Gasteiger partial charge in [-0.15, -0.1) is 0 Å². The number of nitrogens with zero attached hydrogens (tertiary/aromatic N) is 1. The van der Waals surface area contributed by atoms with Gasteiger partial charge in [-0.3, -0.25) is 4.79 Å². The number of benzene rings is 2. The highest BCUT2D eigenvalue weighted by Gasteiger charge is 2.42. The molecule has 2 aromatic carbocycles. The van der Waals surface area contributed by atoms with Gasteiger partial charge in [0, 0.05) is 12.6 Å². The van der Waals surface area contributed by atoms with Crippen LogP contribution in [0.3, 0.4) is 0 Å². The van der Waals surface area contributed by atoms with Crippen molar-refractivity contribution in [2.45, 2.75) is 38.6 Å². The van der Waals surface area contributed by atoms with E-state index in [2.05, 4.69) is 10.3 Å². The van der Waals surface area contributed by atoms with E-state index >= 15 is 0 Å². The summed E-state index contributed by atoms with van der Waals surface area (Å²) in [6, 6.07) is 17.1. The molecular weight excluding hydrogens is 462 g/mol. The van der Waals surface area contributed by atoms with Crippen LogP contribution in [0.2, 0.25) is 0 Å². The summed E-state index contributed by atoms with van der Waals surface area (Å²) in [6.07, 6.45) is -1.05. The quantitative estimate of drug-likeness (QED) is 0.483. The third kappa shape index (κ3) is 6.05. The normalized spacial score (nSPS) is 18.9. The first-order valence-electron chi connectivity index (χ1n) is 11.5. The van der Waals surface area contributed by atoms with Gasteiger partial charge in [-0.2, -0.15) is 0 Å². The van der Waals surface area contributed by atoms with Crippen LogP contribution in [-0.4, -0.2) is 47.7 Å². The highest BCUT2D eigenvalue weighted by molar-refractivity contribution is 5.96. The minimum Gasteiger partial charge on any atom is -0.459 e. The molecule has 0 unspecified atom stereocenters. The molecule has 2 heterocycles. The Bertz CT molecular complexity index is 1240. The van der Waals surface area contributed by atoms with Gasteiger partial charge in [0.05, 0.1) is 16.8 Å². The van der Waals surface area contributed by atoms with Crippen molar-refractivity contribution < 1.29 is 28.6 Å². The number of aryl methyl sites for hydroxylation is 2. The molecule has 0 saturated carbocycles. The zero-order chi connectivity index (χ0) is 25.7. The Kier molecular flexibility index (Phi) is 7.60. The van der Waals surface area contributed by atoms with Crippen molar-refractivity contribution >= 4 is 29.4 Å². The minimum absolute atomic E-state index is 0.0723. The van der Waals surface area contributed by atoms with Crippen LogP contribution in [0.1, 0.15) is 38.3 Å². The maximum atomic E-state index is 12.9. The Morgan fingerprint density at radius 3 is 2.19 bits per heavy atom. The van der Waals surface area contributed by atoms with Crippen LogP contribution in [0.4, 0.5) is 11.5 Å². The Hall–Kier alpha value is -4.24. The summed E-state index contributed by atoms with van der Waals surface area (Å²) in [5.41, 5.74) is 8.92. The van der Waals surface area contributed by atoms with E-state index in [9.17, 15) is 14.4 Å². The van der Waals surface area contributed by atoms with E-state index in [1.54, 1.807) is 60.7 Å². The van der Waals surface area contributed by atoms with Crippen molar-refractivity contribution in [3.05, 3.63) is 89.1 Å². The van der Waals surface area contributed by atoms with E-state index in [0.29, 0.717) is 16.8 Å². The van der Waals surface area contributed by atoms with E-state index in [1.165, 1.54) is 6.20 Å². The molecule has 3 N–H and O–H groups in total. The van der Waals surface area contributed by atoms with Gasteiger partial charge in [0.15, 0.2) is 5.82 Å². The SMILES string of the molecule is Cc1ccc(C(=O)OC[C@H]2O[C@@H](C(=O)Nc3ncccc3N)C[C@@H]2OC(=O)c2ccc(C)cc2)cc1. The fraction of sp³-hybridized carbons (Fsp3) is 0.259. The number of carbonyl (C=O) groups excluding carboxylic acids is 3. The van der Waals surface area contributed by atoms with E-state index in [1.807, 2.05) is 13.8 Å². The number of nitrogens with two attached hydrogens (primary N) is 1. The molecule has 9 nitrogen and oxygen atoms in total. The summed E-state index contributed by atoms with van der Waals surface area (Å²) in [6.45, 7) is 3.63. The monoisotopic (exact) mass is 489 g/mol. The first kappa shape index (κ1) is 24.9. The van der Waals surface area contributed by atoms with Crippen LogP contribution in [0.5, 0.6) is 0 Å². The lowest BCUT2D eigenvalue weighted by molar-refractivity contribution is -0.127. The Morgan fingerprint density at radius 1 is 0.972 bits per heavy atom. The molecule has 0 spiro atoms. The predicted octanol–water partition coefficient (Wildman–Crippen LogP) is 3.46. The highest BCUT2D eigenvalue weighted by atomic mass is 16.6. The topological polar surface area (TPSA) is 130 Å². The Balaban J connectivity index is 1.46. The van der Waals surface area contributed by atoms with Crippen molar-refractivity contribution in [1.29, 1.82) is 0 Å². The molecule has 3 atom stereocenters. The number of pyridine rings is 1. The molecule has 1 aromatic heterocycles. The van der Waals surface area contributed by atoms with Crippen LogP contribution in [0, 0.1) is 13.8 Å². The lowest BCUT2D eigenvalue weighted by atomic mass is 10.1. The van der Waals surface area contributed by atoms with Crippen LogP contribution in [-0.2, 0) is 19.0 Å². The van der Waals surface area contributed by atoms with Gasteiger partial charge in [-0.1, -0.05) is 35.4 Å². The third-order valence-electron chi connectivity index (χ3n) is 5.78. The number of aromatic nitrogens is 1. The van der Waals surface area contributed by atoms with Gasteiger partial charge < -0.3 is 25.3 Å². The molecule has 0 radical (unpaired) electrons. The van der Waals surface area contributed by atoms with Crippen LogP contribution >= 0.6 is 0 Å². The molecular formula is C27H27N3O6. The van der Waals surface area contributed by atoms with Crippen LogP contribution in [0.25, 0.3) is 0 Å². The number of carbonyl (C=O) groups is 3. The van der Waals surface area contributed by atoms with Crippen molar-refractivity contribution in [2.75, 3.05) is 17.7 Å². The van der Waals surface area contributed by atoms with Crippen molar-refractivity contribution in [3.63, 3.8) is 0 Å². The number of esters is 2. The lowest BCUT2D eigenvalue weighted by Crippen LogP contribution is -2.32. The summed E-state index contributed by atoms with van der Waals surface area (Å²) in [4.78, 5) is 42.2. The van der Waals surface area contributed by atoms with Gasteiger partial charge in [0.25, 0.3) is 5.91 Å². The Labute approximate surface area is 208 Å². The molecule has 0 bridgehead atoms. The molecule has 1 aliphatic rings. The second kappa shape index (κ2) is 11.0. The maximum Gasteiger partial charge on any atom is 0.338 e. The van der Waals surface area contributed by atoms with Crippen LogP contribution in [0.15, 0.2) is 66.9 Å². The number of hydrogen-bond acceptors (Lipinski definition) is 8. The molecule has 9 heteroatoms. The smallest absolute Gasteiger partial charge is 0.338 e. The molecule has 1 amide bonds. The average molecular weight is 490 g/mol. The summed E-state index contributed by atoms with van der Waals surface area (Å²) in [5.74, 6) is -1.40. The van der Waals surface area contributed by atoms with Gasteiger partial charge in [-0.05, 0) is 50.2 Å². The van der Waals surface area contributed by atoms with E-state index in [0.717, 1.165) is 11.1 Å². The highest BCUT2D eigenvalue weighted by Crippen LogP contribution is 2.27. The number of rotatable bonds is 7. The number of anilines is 2. The predicted molar refractivity (Wildman–Crippen MR) is 132 cm³/mol. The standard InChI is InChI=1S/C27H27N3O6/c1-16-5-9-18(10-6-16)26(32)34-15-23-21(36-27(33)19-11-7-17(2)8-12-19)14-22(35-23)25(31)30-24-20(28)4-3-13-29-24/h3-13,21-23H,14-15,28H2,1-2H3,(H,29,30,31)/t21-,22+,23+/m0/s1. The lowest BCUT2D eigenvalue weighted by Gasteiger charge is -2.19. The Morgan fingerprint density at radius 2 is 1.58 bits per heavy atom. The maximum absolute atomic E-state index is 12.9. The largest absolute Gasteiger partial charge is 0.459 e. The molecule has 0 aliphatic carbocycles. The summed E-state index contributed by atoms with van der Waals surface area (Å²) in [5, 5.41) is 2.63. The van der Waals surface area contributed by atoms with E-state index < -0.39 is 36.2 Å². The number of nitrogens with one attached hydrogen (secondary N) is 1. The van der Waals surface area contributed by atoms with Gasteiger partial charge >= 0.3 is 11.9 Å². The molecule has 3 aromatic rings. The molecule has 1 fully saturated rings. The third-order valence-corrected chi connectivity index (χ3v) is 5.78. The zero-order valence-corrected chi connectivity index (χ0v) is 20.0. The van der Waals surface area contributed by atoms with Crippen LogP contribution < -0.4 is 11.1 Å². The number of amides is 1. The van der Waals surface area contributed by atoms with Gasteiger partial charge in [-0.25, -0.2) is 14.6 Å². The minimum atomic E-state index is -0.967. The molecule has 1 saturated heterocycles. The number of hydrogen-bond donors (Lipinski definition) is 2. The zero-order valence-electron chi connectivity index (χ0n) is 20.0. The average Bonchev–Trinajstić information content (AvgIpc) is 3.27. The first-order chi connectivity index (χ1) is 17.3. The van der Waals surface area contributed by atoms with E-state index in [4.69, 9.17) is 19.9 Å². The molecule has 186 valence electrons. The fourth-order valence-electron chi connectivity index (χ4n) is 3.70. The van der Waals surface area contributed by atoms with Gasteiger partial charge in [0.1, 0.15) is 24.9 Å². The fourth-order valence-corrected chi connectivity index (χ4v) is 3.70. The molecule has 1 aliphatic heterocycles. The number of ether oxygens (including phenoxy) is 3. The van der Waals surface area contributed by atoms with Gasteiger partial charge in [0.2, 0.25) is 0 Å². The van der Waals surface area contributed by atoms with Crippen molar-refractivity contribution in [3.8, 4) is 0 Å². The summed E-state index contributed by atoms with van der Waals surface area (Å²) >= 11 is 0. The van der Waals surface area contributed by atoms with E-state index in [-0.39, 0.29) is 18.8 Å². The van der Waals surface area contributed by atoms with Crippen molar-refractivity contribution in [2.24, 2.45) is 0 Å².